The van der Waals surface area contributed by atoms with Gasteiger partial charge in [0.05, 0.1) is 5.69 Å². The number of rotatable bonds is 4. The summed E-state index contributed by atoms with van der Waals surface area (Å²) in [5.74, 6) is 0.663. The molecule has 0 N–H and O–H groups in total. The summed E-state index contributed by atoms with van der Waals surface area (Å²) in [5.41, 5.74) is 1.97. The third-order valence-corrected chi connectivity index (χ3v) is 5.64. The standard InChI is InChI=1S/C20H25N5O2/c1-15-6-10-24(22-15)14-20(27)23-9-7-18-17(13-23)4-5-19(26)25(18)12-16-3-2-8-21-11-16/h2-3,6,8,10-11,17-18H,4-5,7,9,12-14H2,1H3/t17-,18+/m0/s1. The Bertz CT molecular complexity index is 819. The van der Waals surface area contributed by atoms with Crippen molar-refractivity contribution in [3.05, 3.63) is 48.0 Å². The van der Waals surface area contributed by atoms with Crippen molar-refractivity contribution in [1.82, 2.24) is 24.6 Å². The summed E-state index contributed by atoms with van der Waals surface area (Å²) < 4.78 is 1.70. The van der Waals surface area contributed by atoms with Gasteiger partial charge in [0.15, 0.2) is 0 Å². The number of hydrogen-bond acceptors (Lipinski definition) is 4. The summed E-state index contributed by atoms with van der Waals surface area (Å²) in [5, 5.41) is 4.31. The molecule has 2 aliphatic heterocycles. The second kappa shape index (κ2) is 7.50. The van der Waals surface area contributed by atoms with Gasteiger partial charge in [0.1, 0.15) is 6.54 Å². The maximum atomic E-state index is 12.7. The van der Waals surface area contributed by atoms with Gasteiger partial charge in [-0.25, -0.2) is 0 Å². The Morgan fingerprint density at radius 3 is 2.93 bits per heavy atom. The minimum absolute atomic E-state index is 0.104. The van der Waals surface area contributed by atoms with E-state index in [9.17, 15) is 9.59 Å². The molecular formula is C20H25N5O2. The minimum Gasteiger partial charge on any atom is -0.341 e. The summed E-state index contributed by atoms with van der Waals surface area (Å²) in [6.07, 6.45) is 7.66. The lowest BCUT2D eigenvalue weighted by Crippen LogP contribution is -2.56. The Kier molecular flexibility index (Phi) is 4.92. The summed E-state index contributed by atoms with van der Waals surface area (Å²) in [6, 6.07) is 6.03. The van der Waals surface area contributed by atoms with Crippen molar-refractivity contribution in [2.75, 3.05) is 13.1 Å². The molecule has 0 bridgehead atoms. The van der Waals surface area contributed by atoms with Crippen LogP contribution in [0.15, 0.2) is 36.8 Å². The molecule has 2 atom stereocenters. The Morgan fingerprint density at radius 2 is 2.19 bits per heavy atom. The largest absolute Gasteiger partial charge is 0.341 e. The number of pyridine rings is 1. The Labute approximate surface area is 159 Å². The Balaban J connectivity index is 1.41. The molecule has 0 aliphatic carbocycles. The predicted octanol–water partition coefficient (Wildman–Crippen LogP) is 1.63. The monoisotopic (exact) mass is 367 g/mol. The molecule has 4 rings (SSSR count). The number of aryl methyl sites for hydroxylation is 1. The molecule has 2 aromatic rings. The summed E-state index contributed by atoms with van der Waals surface area (Å²) in [6.45, 7) is 4.22. The first-order chi connectivity index (χ1) is 13.1. The van der Waals surface area contributed by atoms with Crippen LogP contribution in [0.25, 0.3) is 0 Å². The number of aromatic nitrogens is 3. The summed E-state index contributed by atoms with van der Waals surface area (Å²) >= 11 is 0. The molecule has 2 amide bonds. The number of piperidine rings is 2. The van der Waals surface area contributed by atoms with Gasteiger partial charge in [0.2, 0.25) is 11.8 Å². The van der Waals surface area contributed by atoms with Gasteiger partial charge in [-0.05, 0) is 43.4 Å². The number of nitrogens with zero attached hydrogens (tertiary/aromatic N) is 5. The SMILES string of the molecule is Cc1ccn(CC(=O)N2CC[C@@H]3[C@@H](CCC(=O)N3Cc3cccnc3)C2)n1. The number of fused-ring (bicyclic) bond motifs is 1. The van der Waals surface area contributed by atoms with Gasteiger partial charge in [0, 0.05) is 50.7 Å². The van der Waals surface area contributed by atoms with E-state index in [1.165, 1.54) is 0 Å². The van der Waals surface area contributed by atoms with Crippen molar-refractivity contribution in [2.45, 2.75) is 45.3 Å². The van der Waals surface area contributed by atoms with Gasteiger partial charge in [-0.1, -0.05) is 6.07 Å². The van der Waals surface area contributed by atoms with Gasteiger partial charge in [-0.3, -0.25) is 19.3 Å². The fraction of sp³-hybridized carbons (Fsp3) is 0.500. The van der Waals surface area contributed by atoms with Crippen LogP contribution < -0.4 is 0 Å². The fourth-order valence-electron chi connectivity index (χ4n) is 4.26. The van der Waals surface area contributed by atoms with Crippen LogP contribution in [0.5, 0.6) is 0 Å². The van der Waals surface area contributed by atoms with Crippen molar-refractivity contribution in [1.29, 1.82) is 0 Å². The highest BCUT2D eigenvalue weighted by molar-refractivity contribution is 5.78. The van der Waals surface area contributed by atoms with Crippen LogP contribution in [0.4, 0.5) is 0 Å². The second-order valence-corrected chi connectivity index (χ2v) is 7.53. The van der Waals surface area contributed by atoms with E-state index in [2.05, 4.69) is 10.1 Å². The van der Waals surface area contributed by atoms with E-state index in [0.717, 1.165) is 30.6 Å². The molecule has 2 aliphatic rings. The zero-order valence-electron chi connectivity index (χ0n) is 15.6. The van der Waals surface area contributed by atoms with Crippen molar-refractivity contribution < 1.29 is 9.59 Å². The van der Waals surface area contributed by atoms with E-state index in [1.807, 2.05) is 47.3 Å². The predicted molar refractivity (Wildman–Crippen MR) is 99.5 cm³/mol. The van der Waals surface area contributed by atoms with E-state index in [0.29, 0.717) is 25.4 Å². The van der Waals surface area contributed by atoms with Gasteiger partial charge in [-0.2, -0.15) is 5.10 Å². The molecule has 2 saturated heterocycles. The Morgan fingerprint density at radius 1 is 1.30 bits per heavy atom. The molecule has 0 saturated carbocycles. The van der Waals surface area contributed by atoms with Crippen molar-refractivity contribution in [3.8, 4) is 0 Å². The molecule has 0 radical (unpaired) electrons. The molecular weight excluding hydrogens is 342 g/mol. The van der Waals surface area contributed by atoms with Crippen molar-refractivity contribution in [2.24, 2.45) is 5.92 Å². The number of hydrogen-bond donors (Lipinski definition) is 0. The molecule has 142 valence electrons. The molecule has 0 unspecified atom stereocenters. The maximum absolute atomic E-state index is 12.7. The normalized spacial score (nSPS) is 22.6. The van der Waals surface area contributed by atoms with E-state index >= 15 is 0 Å². The van der Waals surface area contributed by atoms with E-state index < -0.39 is 0 Å². The highest BCUT2D eigenvalue weighted by Crippen LogP contribution is 2.32. The molecule has 4 heterocycles. The summed E-state index contributed by atoms with van der Waals surface area (Å²) in [7, 11) is 0. The van der Waals surface area contributed by atoms with Crippen LogP contribution in [-0.2, 0) is 22.7 Å². The van der Waals surface area contributed by atoms with Crippen LogP contribution >= 0.6 is 0 Å². The summed E-state index contributed by atoms with van der Waals surface area (Å²) in [4.78, 5) is 33.3. The molecule has 7 heteroatoms. The third kappa shape index (κ3) is 3.86. The van der Waals surface area contributed by atoms with Gasteiger partial charge in [0.25, 0.3) is 0 Å². The highest BCUT2D eigenvalue weighted by Gasteiger charge is 2.40. The fourth-order valence-corrected chi connectivity index (χ4v) is 4.26. The quantitative estimate of drug-likeness (QED) is 0.823. The van der Waals surface area contributed by atoms with Crippen LogP contribution in [0, 0.1) is 12.8 Å². The van der Waals surface area contributed by atoms with Gasteiger partial charge < -0.3 is 9.80 Å². The Hall–Kier alpha value is -2.70. The molecule has 7 nitrogen and oxygen atoms in total. The first-order valence-corrected chi connectivity index (χ1v) is 9.56. The average molecular weight is 367 g/mol. The van der Waals surface area contributed by atoms with Crippen LogP contribution in [-0.4, -0.2) is 55.5 Å². The minimum atomic E-state index is 0.104. The highest BCUT2D eigenvalue weighted by atomic mass is 16.2. The number of carbonyl (C=O) groups excluding carboxylic acids is 2. The van der Waals surface area contributed by atoms with Crippen LogP contribution in [0.2, 0.25) is 0 Å². The maximum Gasteiger partial charge on any atom is 0.244 e. The van der Waals surface area contributed by atoms with Crippen molar-refractivity contribution >= 4 is 11.8 Å². The molecule has 2 aromatic heterocycles. The van der Waals surface area contributed by atoms with E-state index in [-0.39, 0.29) is 24.4 Å². The lowest BCUT2D eigenvalue weighted by atomic mass is 9.83. The lowest BCUT2D eigenvalue weighted by Gasteiger charge is -2.47. The number of likely N-dealkylation sites (tertiary alicyclic amines) is 2. The molecule has 2 fully saturated rings. The first-order valence-electron chi connectivity index (χ1n) is 9.56. The molecule has 0 spiro atoms. The zero-order valence-corrected chi connectivity index (χ0v) is 15.6. The number of carbonyl (C=O) groups is 2. The smallest absolute Gasteiger partial charge is 0.244 e. The number of amides is 2. The first kappa shape index (κ1) is 17.7. The van der Waals surface area contributed by atoms with E-state index in [4.69, 9.17) is 0 Å². The second-order valence-electron chi connectivity index (χ2n) is 7.53. The van der Waals surface area contributed by atoms with Gasteiger partial charge in [-0.15, -0.1) is 0 Å². The molecule has 0 aromatic carbocycles. The van der Waals surface area contributed by atoms with E-state index in [1.54, 1.807) is 10.9 Å². The zero-order chi connectivity index (χ0) is 18.8. The molecule has 27 heavy (non-hydrogen) atoms. The lowest BCUT2D eigenvalue weighted by molar-refractivity contribution is -0.145. The van der Waals surface area contributed by atoms with Gasteiger partial charge >= 0.3 is 0 Å². The van der Waals surface area contributed by atoms with Crippen molar-refractivity contribution in [3.63, 3.8) is 0 Å². The topological polar surface area (TPSA) is 71.3 Å². The average Bonchev–Trinajstić information content (AvgIpc) is 3.09. The van der Waals surface area contributed by atoms with Crippen LogP contribution in [0.3, 0.4) is 0 Å². The van der Waals surface area contributed by atoms with Crippen LogP contribution in [0.1, 0.15) is 30.5 Å². The third-order valence-electron chi connectivity index (χ3n) is 5.64.